The van der Waals surface area contributed by atoms with E-state index in [4.69, 9.17) is 11.6 Å². The van der Waals surface area contributed by atoms with E-state index in [0.29, 0.717) is 16.2 Å². The summed E-state index contributed by atoms with van der Waals surface area (Å²) in [7, 11) is 0. The first kappa shape index (κ1) is 17.3. The average Bonchev–Trinajstić information content (AvgIpc) is 3.50. The van der Waals surface area contributed by atoms with Crippen LogP contribution in [-0.2, 0) is 4.79 Å². The Kier molecular flexibility index (Phi) is 4.03. The number of hydrogen-bond donors (Lipinski definition) is 0. The summed E-state index contributed by atoms with van der Waals surface area (Å²) in [6, 6.07) is 12.2. The van der Waals surface area contributed by atoms with Crippen molar-refractivity contribution in [2.45, 2.75) is 30.8 Å². The highest BCUT2D eigenvalue weighted by molar-refractivity contribution is 6.31. The normalized spacial score (nSPS) is 27.7. The molecule has 5 nitrogen and oxygen atoms in total. The largest absolute Gasteiger partial charge is 0.358 e. The monoisotopic (exact) mass is 374 g/mol. The fourth-order valence-corrected chi connectivity index (χ4v) is 4.50. The zero-order chi connectivity index (χ0) is 19.2. The molecule has 1 saturated carbocycles. The van der Waals surface area contributed by atoms with Gasteiger partial charge in [0.25, 0.3) is 0 Å². The van der Waals surface area contributed by atoms with Crippen molar-refractivity contribution in [2.24, 2.45) is 11.3 Å². The Morgan fingerprint density at radius 3 is 2.48 bits per heavy atom. The second-order valence-electron chi connectivity index (χ2n) is 7.15. The number of carbonyl (C=O) groups excluding carboxylic acids is 1. The van der Waals surface area contributed by atoms with Crippen molar-refractivity contribution in [1.29, 1.82) is 15.8 Å². The first-order valence-electron chi connectivity index (χ1n) is 8.75. The number of hydrogen-bond acceptors (Lipinski definition) is 5. The molecule has 0 aromatic heterocycles. The van der Waals surface area contributed by atoms with Gasteiger partial charge in [0.1, 0.15) is 0 Å². The Hall–Kier alpha value is -3.07. The van der Waals surface area contributed by atoms with Crippen molar-refractivity contribution < 1.29 is 4.79 Å². The molecule has 2 heterocycles. The van der Waals surface area contributed by atoms with Gasteiger partial charge in [0, 0.05) is 23.1 Å². The van der Waals surface area contributed by atoms with Gasteiger partial charge in [-0.3, -0.25) is 4.79 Å². The van der Waals surface area contributed by atoms with Gasteiger partial charge in [-0.2, -0.15) is 15.8 Å². The number of nitrogens with zero attached hydrogens (tertiary/aromatic N) is 4. The molecule has 1 saturated heterocycles. The van der Waals surface area contributed by atoms with E-state index in [2.05, 4.69) is 18.2 Å². The maximum absolute atomic E-state index is 13.2. The molecule has 3 aliphatic rings. The summed E-state index contributed by atoms with van der Waals surface area (Å²) in [6.07, 6.45) is 6.58. The third-order valence-electron chi connectivity index (χ3n) is 5.69. The maximum atomic E-state index is 13.2. The molecule has 0 bridgehead atoms. The van der Waals surface area contributed by atoms with E-state index >= 15 is 0 Å². The predicted molar refractivity (Wildman–Crippen MR) is 97.8 cm³/mol. The number of Topliss-reactive ketones (excluding diaryl/α,β-unsaturated/α-hetero) is 1. The Balaban J connectivity index is 1.96. The highest BCUT2D eigenvalue weighted by Crippen LogP contribution is 2.55. The zero-order valence-electron chi connectivity index (χ0n) is 14.3. The van der Waals surface area contributed by atoms with Gasteiger partial charge >= 0.3 is 0 Å². The van der Waals surface area contributed by atoms with E-state index in [0.717, 1.165) is 12.8 Å². The number of fused-ring (bicyclic) bond motifs is 1. The summed E-state index contributed by atoms with van der Waals surface area (Å²) in [5.74, 6) is -0.697. The van der Waals surface area contributed by atoms with E-state index in [1.807, 2.05) is 0 Å². The van der Waals surface area contributed by atoms with E-state index in [1.165, 1.54) is 0 Å². The fraction of sp³-hybridized carbons (Fsp3) is 0.333. The molecule has 1 aromatic carbocycles. The van der Waals surface area contributed by atoms with Crippen LogP contribution in [0, 0.1) is 45.3 Å². The lowest BCUT2D eigenvalue weighted by Gasteiger charge is -2.30. The van der Waals surface area contributed by atoms with Crippen LogP contribution in [0.3, 0.4) is 0 Å². The summed E-state index contributed by atoms with van der Waals surface area (Å²) >= 11 is 6.43. The minimum absolute atomic E-state index is 0.0377. The van der Waals surface area contributed by atoms with Crippen molar-refractivity contribution in [3.63, 3.8) is 0 Å². The Morgan fingerprint density at radius 1 is 1.19 bits per heavy atom. The summed E-state index contributed by atoms with van der Waals surface area (Å²) < 4.78 is 0. The standard InChI is InChI=1S/C21H15ClN4O/c22-16-4-2-1-3-15(16)18-19(20(27)14-5-6-14)26-8-7-13(10-23)9-17(26)21(18,11-24)12-25/h1-4,7-9,14,17-19H,5-6H2. The third-order valence-corrected chi connectivity index (χ3v) is 6.03. The van der Waals surface area contributed by atoms with Crippen LogP contribution in [0.25, 0.3) is 0 Å². The Bertz CT molecular complexity index is 988. The smallest absolute Gasteiger partial charge is 0.176 e. The van der Waals surface area contributed by atoms with Gasteiger partial charge < -0.3 is 4.90 Å². The van der Waals surface area contributed by atoms with Crippen molar-refractivity contribution in [3.05, 3.63) is 58.8 Å². The van der Waals surface area contributed by atoms with Gasteiger partial charge in [0.05, 0.1) is 35.9 Å². The molecule has 0 radical (unpaired) electrons. The van der Waals surface area contributed by atoms with Gasteiger partial charge in [0.2, 0.25) is 0 Å². The van der Waals surface area contributed by atoms with Crippen LogP contribution in [0.2, 0.25) is 5.02 Å². The van der Waals surface area contributed by atoms with Crippen molar-refractivity contribution in [1.82, 2.24) is 4.90 Å². The second-order valence-corrected chi connectivity index (χ2v) is 7.56. The molecular weight excluding hydrogens is 360 g/mol. The van der Waals surface area contributed by atoms with Crippen molar-refractivity contribution in [2.75, 3.05) is 0 Å². The van der Waals surface area contributed by atoms with E-state index in [9.17, 15) is 20.6 Å². The number of rotatable bonds is 3. The number of halogens is 1. The highest BCUT2D eigenvalue weighted by atomic mass is 35.5. The van der Waals surface area contributed by atoms with Gasteiger partial charge in [-0.15, -0.1) is 0 Å². The molecule has 3 unspecified atom stereocenters. The quantitative estimate of drug-likeness (QED) is 0.807. The third kappa shape index (κ3) is 2.46. The summed E-state index contributed by atoms with van der Waals surface area (Å²) in [5.41, 5.74) is -0.521. The van der Waals surface area contributed by atoms with Crippen LogP contribution < -0.4 is 0 Å². The number of ketones is 1. The number of benzene rings is 1. The summed E-state index contributed by atoms with van der Waals surface area (Å²) in [6.45, 7) is 0. The molecule has 4 rings (SSSR count). The minimum atomic E-state index is -1.52. The number of nitriles is 3. The van der Waals surface area contributed by atoms with Crippen LogP contribution >= 0.6 is 11.6 Å². The van der Waals surface area contributed by atoms with Crippen molar-refractivity contribution >= 4 is 17.4 Å². The lowest BCUT2D eigenvalue weighted by Crippen LogP contribution is -2.40. The first-order chi connectivity index (χ1) is 13.1. The lowest BCUT2D eigenvalue weighted by molar-refractivity contribution is -0.124. The van der Waals surface area contributed by atoms with E-state index in [-0.39, 0.29) is 11.7 Å². The number of carbonyl (C=O) groups is 1. The van der Waals surface area contributed by atoms with Crippen molar-refractivity contribution in [3.8, 4) is 18.2 Å². The molecule has 0 spiro atoms. The van der Waals surface area contributed by atoms with Crippen LogP contribution in [-0.4, -0.2) is 22.8 Å². The molecule has 2 fully saturated rings. The summed E-state index contributed by atoms with van der Waals surface area (Å²) in [4.78, 5) is 15.0. The van der Waals surface area contributed by atoms with Gasteiger partial charge in [-0.25, -0.2) is 0 Å². The molecule has 132 valence electrons. The highest BCUT2D eigenvalue weighted by Gasteiger charge is 2.63. The molecule has 2 aliphatic heterocycles. The van der Waals surface area contributed by atoms with Crippen LogP contribution in [0.4, 0.5) is 0 Å². The van der Waals surface area contributed by atoms with Gasteiger partial charge in [-0.05, 0) is 36.6 Å². The molecule has 1 aliphatic carbocycles. The van der Waals surface area contributed by atoms with Gasteiger partial charge in [0.15, 0.2) is 11.2 Å². The van der Waals surface area contributed by atoms with Gasteiger partial charge in [-0.1, -0.05) is 29.8 Å². The van der Waals surface area contributed by atoms with Crippen LogP contribution in [0.5, 0.6) is 0 Å². The summed E-state index contributed by atoms with van der Waals surface area (Å²) in [5, 5.41) is 29.9. The van der Waals surface area contributed by atoms with E-state index in [1.54, 1.807) is 47.5 Å². The second kappa shape index (κ2) is 6.27. The molecule has 0 amide bonds. The maximum Gasteiger partial charge on any atom is 0.176 e. The fourth-order valence-electron chi connectivity index (χ4n) is 4.24. The molecule has 1 aromatic rings. The molecule has 3 atom stereocenters. The predicted octanol–water partition coefficient (Wildman–Crippen LogP) is 3.47. The first-order valence-corrected chi connectivity index (χ1v) is 9.13. The van der Waals surface area contributed by atoms with E-state index < -0.39 is 23.4 Å². The minimum Gasteiger partial charge on any atom is -0.358 e. The van der Waals surface area contributed by atoms with Crippen LogP contribution in [0.1, 0.15) is 24.3 Å². The number of allylic oxidation sites excluding steroid dienone is 2. The Labute approximate surface area is 162 Å². The topological polar surface area (TPSA) is 91.7 Å². The molecular formula is C21H15ClN4O. The lowest BCUT2D eigenvalue weighted by atomic mass is 9.69. The SMILES string of the molecule is N#CC1=CC2N(C=C1)C(C(=O)C1CC1)C(c1ccccc1Cl)C2(C#N)C#N. The molecule has 6 heteroatoms. The van der Waals surface area contributed by atoms with Crippen LogP contribution in [0.15, 0.2) is 48.2 Å². The molecule has 0 N–H and O–H groups in total. The Morgan fingerprint density at radius 2 is 1.89 bits per heavy atom. The average molecular weight is 375 g/mol. The zero-order valence-corrected chi connectivity index (χ0v) is 15.1. The molecule has 27 heavy (non-hydrogen) atoms.